The summed E-state index contributed by atoms with van der Waals surface area (Å²) in [6, 6.07) is 5.12. The number of fused-ring (bicyclic) bond motifs is 1. The van der Waals surface area contributed by atoms with Gasteiger partial charge in [0.15, 0.2) is 0 Å². The molecule has 1 unspecified atom stereocenters. The normalized spacial score (nSPS) is 19.6. The third-order valence-corrected chi connectivity index (χ3v) is 6.16. The van der Waals surface area contributed by atoms with Crippen LogP contribution in [0.2, 0.25) is 0 Å². The molecular formula is C15H20N2S2. The van der Waals surface area contributed by atoms with E-state index in [1.165, 1.54) is 33.8 Å². The van der Waals surface area contributed by atoms with Crippen molar-refractivity contribution in [1.29, 1.82) is 0 Å². The molecule has 102 valence electrons. The molecule has 0 amide bonds. The maximum Gasteiger partial charge on any atom is 0.0334 e. The molecule has 3 heterocycles. The Morgan fingerprint density at radius 1 is 1.47 bits per heavy atom. The first kappa shape index (κ1) is 13.3. The molecule has 2 nitrogen and oxygen atoms in total. The van der Waals surface area contributed by atoms with Crippen LogP contribution in [0.3, 0.4) is 0 Å². The van der Waals surface area contributed by atoms with Gasteiger partial charge in [-0.2, -0.15) is 0 Å². The fourth-order valence-corrected chi connectivity index (χ4v) is 4.74. The van der Waals surface area contributed by atoms with Crippen LogP contribution in [-0.4, -0.2) is 11.4 Å². The quantitative estimate of drug-likeness (QED) is 0.934. The van der Waals surface area contributed by atoms with Gasteiger partial charge in [-0.3, -0.25) is 4.90 Å². The minimum Gasteiger partial charge on any atom is -0.326 e. The molecule has 0 aliphatic carbocycles. The van der Waals surface area contributed by atoms with Crippen molar-refractivity contribution >= 4 is 22.7 Å². The van der Waals surface area contributed by atoms with Gasteiger partial charge in [0.05, 0.1) is 0 Å². The van der Waals surface area contributed by atoms with Crippen molar-refractivity contribution in [3.8, 4) is 0 Å². The van der Waals surface area contributed by atoms with E-state index in [1.807, 2.05) is 22.7 Å². The molecule has 4 heteroatoms. The zero-order valence-corrected chi connectivity index (χ0v) is 13.1. The summed E-state index contributed by atoms with van der Waals surface area (Å²) in [5.41, 5.74) is 8.73. The lowest BCUT2D eigenvalue weighted by Gasteiger charge is -2.33. The SMILES string of the molecule is Cc1sc(CN)cc1CN1CCc2sccc2C1C. The van der Waals surface area contributed by atoms with E-state index in [1.54, 1.807) is 4.88 Å². The molecule has 0 bridgehead atoms. The molecule has 0 saturated carbocycles. The average molecular weight is 292 g/mol. The minimum absolute atomic E-state index is 0.538. The van der Waals surface area contributed by atoms with Crippen molar-refractivity contribution in [1.82, 2.24) is 4.90 Å². The number of nitrogens with zero attached hydrogens (tertiary/aromatic N) is 1. The highest BCUT2D eigenvalue weighted by Gasteiger charge is 2.25. The molecule has 1 aliphatic rings. The molecule has 0 radical (unpaired) electrons. The molecule has 1 aliphatic heterocycles. The fourth-order valence-electron chi connectivity index (χ4n) is 2.84. The molecule has 1 atom stereocenters. The molecule has 2 aromatic heterocycles. The third-order valence-electron chi connectivity index (χ3n) is 4.05. The molecule has 19 heavy (non-hydrogen) atoms. The van der Waals surface area contributed by atoms with E-state index >= 15 is 0 Å². The average Bonchev–Trinajstić information content (AvgIpc) is 3.00. The fraction of sp³-hybridized carbons (Fsp3) is 0.467. The van der Waals surface area contributed by atoms with Crippen molar-refractivity contribution in [2.75, 3.05) is 6.54 Å². The van der Waals surface area contributed by atoms with E-state index in [0.717, 1.165) is 6.54 Å². The number of aryl methyl sites for hydroxylation is 1. The number of hydrogen-bond acceptors (Lipinski definition) is 4. The number of thiophene rings is 2. The Labute approximate surface area is 122 Å². The van der Waals surface area contributed by atoms with Crippen LogP contribution in [-0.2, 0) is 19.5 Å². The van der Waals surface area contributed by atoms with Gasteiger partial charge in [-0.25, -0.2) is 0 Å². The summed E-state index contributed by atoms with van der Waals surface area (Å²) < 4.78 is 0. The monoisotopic (exact) mass is 292 g/mol. The lowest BCUT2D eigenvalue weighted by atomic mass is 10.0. The van der Waals surface area contributed by atoms with Crippen molar-refractivity contribution in [2.45, 2.75) is 39.4 Å². The van der Waals surface area contributed by atoms with E-state index in [-0.39, 0.29) is 0 Å². The summed E-state index contributed by atoms with van der Waals surface area (Å²) in [7, 11) is 0. The number of rotatable bonds is 3. The van der Waals surface area contributed by atoms with E-state index < -0.39 is 0 Å². The zero-order valence-electron chi connectivity index (χ0n) is 11.5. The molecule has 2 N–H and O–H groups in total. The zero-order chi connectivity index (χ0) is 13.4. The van der Waals surface area contributed by atoms with Gasteiger partial charge in [-0.15, -0.1) is 22.7 Å². The minimum atomic E-state index is 0.538. The lowest BCUT2D eigenvalue weighted by molar-refractivity contribution is 0.191. The van der Waals surface area contributed by atoms with Gasteiger partial charge in [-0.1, -0.05) is 0 Å². The van der Waals surface area contributed by atoms with Gasteiger partial charge in [0, 0.05) is 40.3 Å². The summed E-state index contributed by atoms with van der Waals surface area (Å²) in [6.07, 6.45) is 1.20. The molecule has 0 fully saturated rings. The van der Waals surface area contributed by atoms with Crippen molar-refractivity contribution in [2.24, 2.45) is 5.73 Å². The van der Waals surface area contributed by atoms with Crippen LogP contribution in [0.4, 0.5) is 0 Å². The van der Waals surface area contributed by atoms with Gasteiger partial charge in [0.25, 0.3) is 0 Å². The summed E-state index contributed by atoms with van der Waals surface area (Å²) in [5.74, 6) is 0. The van der Waals surface area contributed by atoms with E-state index in [2.05, 4.69) is 36.3 Å². The Bertz CT molecular complexity index is 570. The summed E-state index contributed by atoms with van der Waals surface area (Å²) >= 11 is 3.75. The second-order valence-corrected chi connectivity index (χ2v) is 7.54. The molecule has 0 saturated heterocycles. The van der Waals surface area contributed by atoms with Crippen molar-refractivity contribution in [3.63, 3.8) is 0 Å². The Morgan fingerprint density at radius 3 is 3.05 bits per heavy atom. The first-order valence-corrected chi connectivity index (χ1v) is 8.47. The maximum atomic E-state index is 5.74. The highest BCUT2D eigenvalue weighted by atomic mass is 32.1. The second kappa shape index (κ2) is 5.37. The lowest BCUT2D eigenvalue weighted by Crippen LogP contribution is -2.32. The second-order valence-electron chi connectivity index (χ2n) is 5.19. The Hall–Kier alpha value is -0.680. The predicted octanol–water partition coefficient (Wildman–Crippen LogP) is 3.70. The predicted molar refractivity (Wildman–Crippen MR) is 83.8 cm³/mol. The van der Waals surface area contributed by atoms with Crippen molar-refractivity contribution in [3.05, 3.63) is 43.3 Å². The van der Waals surface area contributed by atoms with Gasteiger partial charge < -0.3 is 5.73 Å². The maximum absolute atomic E-state index is 5.74. The Balaban J connectivity index is 1.79. The van der Waals surface area contributed by atoms with Crippen LogP contribution in [0.5, 0.6) is 0 Å². The smallest absolute Gasteiger partial charge is 0.0334 e. The largest absolute Gasteiger partial charge is 0.326 e. The molecule has 2 aromatic rings. The summed E-state index contributed by atoms with van der Waals surface area (Å²) in [6.45, 7) is 7.43. The number of nitrogens with two attached hydrogens (primary N) is 1. The van der Waals surface area contributed by atoms with Crippen LogP contribution >= 0.6 is 22.7 Å². The highest BCUT2D eigenvalue weighted by Crippen LogP contribution is 2.34. The van der Waals surface area contributed by atoms with E-state index in [9.17, 15) is 0 Å². The van der Waals surface area contributed by atoms with E-state index in [4.69, 9.17) is 5.73 Å². The first-order valence-electron chi connectivity index (χ1n) is 6.77. The van der Waals surface area contributed by atoms with Gasteiger partial charge in [0.2, 0.25) is 0 Å². The topological polar surface area (TPSA) is 29.3 Å². The van der Waals surface area contributed by atoms with Crippen LogP contribution in [0, 0.1) is 6.92 Å². The standard InChI is InChI=1S/C15H20N2S2/c1-10-14-4-6-18-15(14)3-5-17(10)9-12-7-13(8-16)19-11(12)2/h4,6-7,10H,3,5,8-9,16H2,1-2H3. The van der Waals surface area contributed by atoms with Gasteiger partial charge in [0.1, 0.15) is 0 Å². The molecule has 0 aromatic carbocycles. The Morgan fingerprint density at radius 2 is 2.32 bits per heavy atom. The van der Waals surface area contributed by atoms with E-state index in [0.29, 0.717) is 12.6 Å². The highest BCUT2D eigenvalue weighted by molar-refractivity contribution is 7.12. The first-order chi connectivity index (χ1) is 9.19. The summed E-state index contributed by atoms with van der Waals surface area (Å²) in [4.78, 5) is 6.88. The summed E-state index contributed by atoms with van der Waals surface area (Å²) in [5, 5.41) is 2.23. The molecule has 3 rings (SSSR count). The van der Waals surface area contributed by atoms with Gasteiger partial charge in [-0.05, 0) is 48.9 Å². The Kier molecular flexibility index (Phi) is 3.76. The van der Waals surface area contributed by atoms with Crippen LogP contribution in [0.1, 0.15) is 38.7 Å². The van der Waals surface area contributed by atoms with Crippen LogP contribution < -0.4 is 5.73 Å². The van der Waals surface area contributed by atoms with Crippen molar-refractivity contribution < 1.29 is 0 Å². The van der Waals surface area contributed by atoms with Gasteiger partial charge >= 0.3 is 0 Å². The molecular weight excluding hydrogens is 272 g/mol. The van der Waals surface area contributed by atoms with Crippen LogP contribution in [0.15, 0.2) is 17.5 Å². The molecule has 0 spiro atoms. The van der Waals surface area contributed by atoms with Crippen LogP contribution in [0.25, 0.3) is 0 Å². The number of hydrogen-bond donors (Lipinski definition) is 1. The third kappa shape index (κ3) is 2.50.